The van der Waals surface area contributed by atoms with Crippen LogP contribution in [0, 0.1) is 6.92 Å². The van der Waals surface area contributed by atoms with Crippen molar-refractivity contribution >= 4 is 34.8 Å². The summed E-state index contributed by atoms with van der Waals surface area (Å²) in [4.78, 5) is 12.7. The molecular weight excluding hydrogens is 415 g/mol. The van der Waals surface area contributed by atoms with Crippen LogP contribution in [0.4, 0.5) is 5.69 Å². The molecule has 0 saturated carbocycles. The average Bonchev–Trinajstić information content (AvgIpc) is 3.40. The number of benzene rings is 1. The second-order valence-corrected chi connectivity index (χ2v) is 7.30. The van der Waals surface area contributed by atoms with Crippen molar-refractivity contribution < 1.29 is 9.32 Å². The third-order valence-electron chi connectivity index (χ3n) is 4.27. The van der Waals surface area contributed by atoms with Gasteiger partial charge in [0.1, 0.15) is 5.76 Å². The lowest BCUT2D eigenvalue weighted by atomic mass is 10.2. The zero-order chi connectivity index (χ0) is 20.4. The Morgan fingerprint density at radius 1 is 1.03 bits per heavy atom. The predicted octanol–water partition coefficient (Wildman–Crippen LogP) is 4.03. The minimum absolute atomic E-state index is 0.194. The van der Waals surface area contributed by atoms with Gasteiger partial charge in [-0.2, -0.15) is 10.2 Å². The van der Waals surface area contributed by atoms with Gasteiger partial charge >= 0.3 is 0 Å². The molecule has 0 spiro atoms. The molecule has 0 bridgehead atoms. The molecule has 0 atom stereocenters. The number of anilines is 1. The quantitative estimate of drug-likeness (QED) is 0.498. The predicted molar refractivity (Wildman–Crippen MR) is 108 cm³/mol. The molecule has 1 N–H and O–H groups in total. The third kappa shape index (κ3) is 4.49. The monoisotopic (exact) mass is 430 g/mol. The molecule has 4 aromatic rings. The van der Waals surface area contributed by atoms with E-state index in [0.717, 1.165) is 5.56 Å². The molecule has 0 aliphatic heterocycles. The lowest BCUT2D eigenvalue weighted by Crippen LogP contribution is -2.15. The fourth-order valence-corrected chi connectivity index (χ4v) is 3.11. The molecule has 0 unspecified atom stereocenters. The van der Waals surface area contributed by atoms with Crippen molar-refractivity contribution in [2.24, 2.45) is 0 Å². The van der Waals surface area contributed by atoms with Gasteiger partial charge in [0.2, 0.25) is 0 Å². The number of aryl methyl sites for hydroxylation is 1. The SMILES string of the molecule is Cc1onc(C(=O)Nc2cnn(Cc3ccc(Cl)cc3)c2)c1Cn1cc(Cl)cn1. The summed E-state index contributed by atoms with van der Waals surface area (Å²) in [6.07, 6.45) is 6.51. The van der Waals surface area contributed by atoms with Crippen LogP contribution in [-0.2, 0) is 13.1 Å². The number of carbonyl (C=O) groups excluding carboxylic acids is 1. The van der Waals surface area contributed by atoms with E-state index in [2.05, 4.69) is 20.7 Å². The van der Waals surface area contributed by atoms with Crippen molar-refractivity contribution in [1.82, 2.24) is 24.7 Å². The van der Waals surface area contributed by atoms with Crippen LogP contribution in [0.3, 0.4) is 0 Å². The Bertz CT molecular complexity index is 1150. The fourth-order valence-electron chi connectivity index (χ4n) is 2.82. The third-order valence-corrected chi connectivity index (χ3v) is 4.72. The zero-order valence-corrected chi connectivity index (χ0v) is 16.9. The molecule has 0 aliphatic carbocycles. The number of rotatable bonds is 6. The van der Waals surface area contributed by atoms with Crippen LogP contribution in [0.25, 0.3) is 0 Å². The summed E-state index contributed by atoms with van der Waals surface area (Å²) in [7, 11) is 0. The molecule has 29 heavy (non-hydrogen) atoms. The highest BCUT2D eigenvalue weighted by Crippen LogP contribution is 2.18. The topological polar surface area (TPSA) is 90.8 Å². The van der Waals surface area contributed by atoms with Crippen LogP contribution in [0.2, 0.25) is 10.0 Å². The van der Waals surface area contributed by atoms with Gasteiger partial charge in [-0.05, 0) is 24.6 Å². The Labute approximate surface area is 176 Å². The number of carbonyl (C=O) groups is 1. The van der Waals surface area contributed by atoms with Crippen molar-refractivity contribution in [3.63, 3.8) is 0 Å². The molecule has 3 aromatic heterocycles. The van der Waals surface area contributed by atoms with Gasteiger partial charge in [0.15, 0.2) is 5.69 Å². The first-order chi connectivity index (χ1) is 14.0. The molecule has 0 aliphatic rings. The maximum Gasteiger partial charge on any atom is 0.278 e. The Morgan fingerprint density at radius 3 is 2.48 bits per heavy atom. The Morgan fingerprint density at radius 2 is 1.76 bits per heavy atom. The van der Waals surface area contributed by atoms with E-state index in [4.69, 9.17) is 27.7 Å². The van der Waals surface area contributed by atoms with Gasteiger partial charge < -0.3 is 9.84 Å². The van der Waals surface area contributed by atoms with E-state index in [0.29, 0.717) is 40.1 Å². The minimum Gasteiger partial charge on any atom is -0.361 e. The Hall–Kier alpha value is -3.10. The van der Waals surface area contributed by atoms with E-state index in [1.807, 2.05) is 24.3 Å². The van der Waals surface area contributed by atoms with Crippen LogP contribution in [-0.4, -0.2) is 30.6 Å². The molecule has 0 radical (unpaired) electrons. The van der Waals surface area contributed by atoms with Gasteiger partial charge in [0.25, 0.3) is 5.91 Å². The lowest BCUT2D eigenvalue weighted by Gasteiger charge is -2.04. The molecule has 148 valence electrons. The normalized spacial score (nSPS) is 11.0. The van der Waals surface area contributed by atoms with Crippen LogP contribution in [0.1, 0.15) is 27.4 Å². The molecule has 8 nitrogen and oxygen atoms in total. The molecule has 3 heterocycles. The number of halogens is 2. The standard InChI is InChI=1S/C19H16Cl2N6O2/c1-12-17(11-27-9-15(21)6-22-27)18(25-29-12)19(28)24-16-7-23-26(10-16)8-13-2-4-14(20)5-3-13/h2-7,9-10H,8,11H2,1H3,(H,24,28). The molecule has 4 rings (SSSR count). The van der Waals surface area contributed by atoms with Gasteiger partial charge in [-0.1, -0.05) is 40.5 Å². The first kappa shape index (κ1) is 19.2. The highest BCUT2D eigenvalue weighted by atomic mass is 35.5. The summed E-state index contributed by atoms with van der Waals surface area (Å²) in [5, 5.41) is 16.3. The summed E-state index contributed by atoms with van der Waals surface area (Å²) >= 11 is 11.8. The number of nitrogens with zero attached hydrogens (tertiary/aromatic N) is 5. The maximum atomic E-state index is 12.7. The summed E-state index contributed by atoms with van der Waals surface area (Å²) in [5.74, 6) is 0.154. The first-order valence-electron chi connectivity index (χ1n) is 8.69. The van der Waals surface area contributed by atoms with E-state index in [-0.39, 0.29) is 11.6 Å². The number of hydrogen-bond acceptors (Lipinski definition) is 5. The summed E-state index contributed by atoms with van der Waals surface area (Å²) < 4.78 is 8.55. The number of aromatic nitrogens is 5. The smallest absolute Gasteiger partial charge is 0.278 e. The van der Waals surface area contributed by atoms with E-state index < -0.39 is 0 Å². The fraction of sp³-hybridized carbons (Fsp3) is 0.158. The highest BCUT2D eigenvalue weighted by molar-refractivity contribution is 6.30. The second-order valence-electron chi connectivity index (χ2n) is 6.43. The average molecular weight is 431 g/mol. The van der Waals surface area contributed by atoms with Crippen LogP contribution in [0.15, 0.2) is 53.6 Å². The molecule has 1 amide bonds. The van der Waals surface area contributed by atoms with Crippen molar-refractivity contribution in [2.75, 3.05) is 5.32 Å². The highest BCUT2D eigenvalue weighted by Gasteiger charge is 2.21. The Kier molecular flexibility index (Phi) is 5.37. The largest absolute Gasteiger partial charge is 0.361 e. The second kappa shape index (κ2) is 8.10. The molecule has 0 saturated heterocycles. The van der Waals surface area contributed by atoms with Crippen LogP contribution < -0.4 is 5.32 Å². The molecule has 10 heteroatoms. The number of amides is 1. The lowest BCUT2D eigenvalue weighted by molar-refractivity contribution is 0.101. The summed E-state index contributed by atoms with van der Waals surface area (Å²) in [6, 6.07) is 7.50. The van der Waals surface area contributed by atoms with Crippen molar-refractivity contribution in [3.05, 3.63) is 81.7 Å². The first-order valence-corrected chi connectivity index (χ1v) is 9.45. The molecule has 0 fully saturated rings. The maximum absolute atomic E-state index is 12.7. The summed E-state index contributed by atoms with van der Waals surface area (Å²) in [6.45, 7) is 2.62. The van der Waals surface area contributed by atoms with Gasteiger partial charge in [-0.25, -0.2) is 0 Å². The van der Waals surface area contributed by atoms with Crippen molar-refractivity contribution in [2.45, 2.75) is 20.0 Å². The number of hydrogen-bond donors (Lipinski definition) is 1. The van der Waals surface area contributed by atoms with Gasteiger partial charge in [-0.3, -0.25) is 14.2 Å². The minimum atomic E-state index is -0.388. The van der Waals surface area contributed by atoms with E-state index in [1.54, 1.807) is 34.9 Å². The van der Waals surface area contributed by atoms with Crippen molar-refractivity contribution in [1.29, 1.82) is 0 Å². The van der Waals surface area contributed by atoms with E-state index in [9.17, 15) is 4.79 Å². The van der Waals surface area contributed by atoms with Crippen molar-refractivity contribution in [3.8, 4) is 0 Å². The number of nitrogens with one attached hydrogen (secondary N) is 1. The zero-order valence-electron chi connectivity index (χ0n) is 15.3. The van der Waals surface area contributed by atoms with E-state index >= 15 is 0 Å². The summed E-state index contributed by atoms with van der Waals surface area (Å²) in [5.41, 5.74) is 2.43. The van der Waals surface area contributed by atoms with Gasteiger partial charge in [-0.15, -0.1) is 0 Å². The Balaban J connectivity index is 1.46. The van der Waals surface area contributed by atoms with Gasteiger partial charge in [0.05, 0.1) is 36.2 Å². The van der Waals surface area contributed by atoms with E-state index in [1.165, 1.54) is 6.20 Å². The van der Waals surface area contributed by atoms with Crippen LogP contribution in [0.5, 0.6) is 0 Å². The van der Waals surface area contributed by atoms with Gasteiger partial charge in [0, 0.05) is 23.0 Å². The van der Waals surface area contributed by atoms with Crippen LogP contribution >= 0.6 is 23.2 Å². The molecule has 1 aromatic carbocycles. The molecular formula is C19H16Cl2N6O2.